The maximum absolute atomic E-state index is 12.9. The summed E-state index contributed by atoms with van der Waals surface area (Å²) in [6.45, 7) is 0.624. The summed E-state index contributed by atoms with van der Waals surface area (Å²) in [5, 5.41) is 12.7. The third kappa shape index (κ3) is 6.47. The van der Waals surface area contributed by atoms with E-state index in [0.717, 1.165) is 16.4 Å². The lowest BCUT2D eigenvalue weighted by atomic mass is 10.2. The molecule has 1 atom stereocenters. The number of alkyl halides is 3. The normalized spacial score (nSPS) is 16.9. The number of piperazine rings is 1. The number of nitrogens with one attached hydrogen (secondary N) is 1. The number of aliphatic hydroxyl groups is 1. The van der Waals surface area contributed by atoms with Gasteiger partial charge in [0.2, 0.25) is 22.2 Å². The van der Waals surface area contributed by atoms with Crippen LogP contribution in [-0.4, -0.2) is 61.9 Å². The Kier molecular flexibility index (Phi) is 7.31. The van der Waals surface area contributed by atoms with Gasteiger partial charge in [-0.25, -0.2) is 8.42 Å². The highest BCUT2D eigenvalue weighted by molar-refractivity contribution is 7.89. The van der Waals surface area contributed by atoms with E-state index in [9.17, 15) is 31.5 Å². The molecule has 1 amide bonds. The van der Waals surface area contributed by atoms with Crippen LogP contribution in [0.25, 0.3) is 0 Å². The fourth-order valence-electron chi connectivity index (χ4n) is 3.35. The molecule has 1 unspecified atom stereocenters. The molecule has 2 N–H and O–H groups in total. The Bertz CT molecular complexity index is 1120. The van der Waals surface area contributed by atoms with Crippen molar-refractivity contribution in [2.45, 2.75) is 11.9 Å². The number of anilines is 1. The van der Waals surface area contributed by atoms with Gasteiger partial charge < -0.3 is 15.3 Å². The predicted molar refractivity (Wildman–Crippen MR) is 116 cm³/mol. The Morgan fingerprint density at radius 3 is 2.15 bits per heavy atom. The van der Waals surface area contributed by atoms with Crippen LogP contribution >= 0.6 is 0 Å². The minimum absolute atomic E-state index is 0.0621. The number of carbonyl (C=O) groups is 1. The number of rotatable bonds is 6. The van der Waals surface area contributed by atoms with Gasteiger partial charge in [-0.2, -0.15) is 17.5 Å². The summed E-state index contributed by atoms with van der Waals surface area (Å²) in [6, 6.07) is 13.2. The number of carbonyl (C=O) groups excluding carboxylic acids is 1. The minimum Gasteiger partial charge on any atom is -0.369 e. The molecule has 3 rings (SSSR count). The van der Waals surface area contributed by atoms with Crippen molar-refractivity contribution in [1.29, 1.82) is 0 Å². The highest BCUT2D eigenvalue weighted by Gasteiger charge is 2.36. The minimum atomic E-state index is -4.43. The number of sulfonamides is 1. The summed E-state index contributed by atoms with van der Waals surface area (Å²) >= 11 is 0. The Hall–Kier alpha value is -3.07. The Labute approximate surface area is 189 Å². The van der Waals surface area contributed by atoms with Gasteiger partial charge in [-0.3, -0.25) is 4.79 Å². The summed E-state index contributed by atoms with van der Waals surface area (Å²) in [6.07, 6.45) is -4.25. The molecule has 33 heavy (non-hydrogen) atoms. The molecule has 1 heterocycles. The van der Waals surface area contributed by atoms with Gasteiger partial charge in [0, 0.05) is 37.4 Å². The summed E-state index contributed by atoms with van der Waals surface area (Å²) in [5.74, 6) is 4.21. The van der Waals surface area contributed by atoms with Crippen molar-refractivity contribution in [2.24, 2.45) is 0 Å². The first-order chi connectivity index (χ1) is 15.5. The molecule has 0 spiro atoms. The molecule has 7 nitrogen and oxygen atoms in total. The third-order valence-corrected chi connectivity index (χ3v) is 7.00. The molecule has 11 heteroatoms. The maximum Gasteiger partial charge on any atom is 0.416 e. The van der Waals surface area contributed by atoms with Crippen molar-refractivity contribution in [1.82, 2.24) is 9.62 Å². The number of hydrogen-bond acceptors (Lipinski definition) is 5. The highest BCUT2D eigenvalue weighted by atomic mass is 32.2. The molecule has 0 aliphatic carbocycles. The molecule has 1 fully saturated rings. The van der Waals surface area contributed by atoms with Gasteiger partial charge >= 0.3 is 6.18 Å². The molecule has 0 aromatic heterocycles. The van der Waals surface area contributed by atoms with Crippen LogP contribution in [0.2, 0.25) is 0 Å². The second-order valence-corrected chi connectivity index (χ2v) is 9.39. The van der Waals surface area contributed by atoms with Crippen LogP contribution in [-0.2, 0) is 21.0 Å². The van der Waals surface area contributed by atoms with E-state index in [-0.39, 0.29) is 32.6 Å². The van der Waals surface area contributed by atoms with Gasteiger partial charge in [-0.1, -0.05) is 24.1 Å². The number of amides is 1. The lowest BCUT2D eigenvalue weighted by molar-refractivity contribution is -0.137. The number of nitrogens with zero attached hydrogens (tertiary/aromatic N) is 2. The zero-order valence-corrected chi connectivity index (χ0v) is 18.2. The van der Waals surface area contributed by atoms with Gasteiger partial charge in [-0.15, -0.1) is 0 Å². The first-order valence-corrected chi connectivity index (χ1v) is 11.6. The molecule has 0 bridgehead atoms. The molecule has 1 aliphatic rings. The summed E-state index contributed by atoms with van der Waals surface area (Å²) < 4.78 is 65.2. The quantitative estimate of drug-likeness (QED) is 0.372. The van der Waals surface area contributed by atoms with E-state index in [4.69, 9.17) is 0 Å². The van der Waals surface area contributed by atoms with Gasteiger partial charge in [0.1, 0.15) is 5.75 Å². The predicted octanol–water partition coefficient (Wildman–Crippen LogP) is 1.64. The van der Waals surface area contributed by atoms with Crippen LogP contribution in [0.1, 0.15) is 11.1 Å². The lowest BCUT2D eigenvalue weighted by Crippen LogP contribution is -2.55. The van der Waals surface area contributed by atoms with Crippen molar-refractivity contribution < 1.29 is 31.5 Å². The van der Waals surface area contributed by atoms with Gasteiger partial charge in [-0.05, 0) is 42.3 Å². The topological polar surface area (TPSA) is 89.9 Å². The Morgan fingerprint density at radius 1 is 1.00 bits per heavy atom. The van der Waals surface area contributed by atoms with Gasteiger partial charge in [0.15, 0.2) is 0 Å². The molecule has 1 saturated heterocycles. The third-order valence-electron chi connectivity index (χ3n) is 5.07. The molecular weight excluding hydrogens is 459 g/mol. The van der Waals surface area contributed by atoms with E-state index in [0.29, 0.717) is 11.3 Å². The van der Waals surface area contributed by atoms with Crippen molar-refractivity contribution in [3.05, 3.63) is 65.7 Å². The van der Waals surface area contributed by atoms with Crippen molar-refractivity contribution >= 4 is 22.1 Å². The van der Waals surface area contributed by atoms with Gasteiger partial charge in [0.05, 0.1) is 5.56 Å². The average Bonchev–Trinajstić information content (AvgIpc) is 2.78. The molecule has 2 aromatic carbocycles. The van der Waals surface area contributed by atoms with E-state index in [2.05, 4.69) is 17.2 Å². The molecule has 2 aromatic rings. The fourth-order valence-corrected chi connectivity index (χ4v) is 4.93. The molecule has 0 saturated carbocycles. The Balaban J connectivity index is 1.67. The van der Waals surface area contributed by atoms with Crippen LogP contribution in [0.5, 0.6) is 0 Å². The molecular formula is C22H22F3N3O4S. The SMILES string of the molecule is O=CNC(O)(C#Cc1ccccc1)CS(=O)(=O)N1CCN(c2ccc(C(F)(F)F)cc2)CC1. The van der Waals surface area contributed by atoms with Crippen LogP contribution in [0.3, 0.4) is 0 Å². The molecule has 0 radical (unpaired) electrons. The number of halogens is 3. The highest BCUT2D eigenvalue weighted by Crippen LogP contribution is 2.30. The lowest BCUT2D eigenvalue weighted by Gasteiger charge is -2.36. The second kappa shape index (κ2) is 9.82. The van der Waals surface area contributed by atoms with Gasteiger partial charge in [0.25, 0.3) is 0 Å². The smallest absolute Gasteiger partial charge is 0.369 e. The molecule has 176 valence electrons. The molecule has 1 aliphatic heterocycles. The number of benzene rings is 2. The van der Waals surface area contributed by atoms with Crippen molar-refractivity contribution in [3.63, 3.8) is 0 Å². The van der Waals surface area contributed by atoms with E-state index in [1.54, 1.807) is 35.2 Å². The van der Waals surface area contributed by atoms with E-state index in [1.165, 1.54) is 12.1 Å². The van der Waals surface area contributed by atoms with Crippen LogP contribution in [0, 0.1) is 11.8 Å². The number of hydrogen-bond donors (Lipinski definition) is 2. The summed E-state index contributed by atoms with van der Waals surface area (Å²) in [4.78, 5) is 12.7. The fraction of sp³-hybridized carbons (Fsp3) is 0.318. The zero-order valence-electron chi connectivity index (χ0n) is 17.4. The standard InChI is InChI=1S/C22H22F3N3O4S/c23-22(24,25)19-6-8-20(9-7-19)27-12-14-28(15-13-27)33(31,32)16-21(30,26-17-29)11-10-18-4-2-1-3-5-18/h1-9,17,30H,12-16H2,(H,26,29). The van der Waals surface area contributed by atoms with Crippen LogP contribution < -0.4 is 10.2 Å². The first kappa shape index (κ1) is 24.6. The largest absolute Gasteiger partial charge is 0.416 e. The average molecular weight is 481 g/mol. The van der Waals surface area contributed by atoms with Crippen LogP contribution in [0.4, 0.5) is 18.9 Å². The monoisotopic (exact) mass is 481 g/mol. The second-order valence-electron chi connectivity index (χ2n) is 7.43. The van der Waals surface area contributed by atoms with E-state index < -0.39 is 33.2 Å². The maximum atomic E-state index is 12.9. The van der Waals surface area contributed by atoms with E-state index in [1.807, 2.05) is 0 Å². The van der Waals surface area contributed by atoms with Crippen LogP contribution in [0.15, 0.2) is 54.6 Å². The Morgan fingerprint density at radius 2 is 1.61 bits per heavy atom. The summed E-state index contributed by atoms with van der Waals surface area (Å²) in [7, 11) is -4.02. The first-order valence-electron chi connectivity index (χ1n) is 9.94. The van der Waals surface area contributed by atoms with Crippen molar-refractivity contribution in [2.75, 3.05) is 36.8 Å². The zero-order chi connectivity index (χ0) is 24.1. The summed E-state index contributed by atoms with van der Waals surface area (Å²) in [5.41, 5.74) is -1.97. The van der Waals surface area contributed by atoms with E-state index >= 15 is 0 Å². The van der Waals surface area contributed by atoms with Crippen molar-refractivity contribution in [3.8, 4) is 11.8 Å².